The van der Waals surface area contributed by atoms with Gasteiger partial charge >= 0.3 is 12.2 Å². The fourth-order valence-electron chi connectivity index (χ4n) is 3.06. The lowest BCUT2D eigenvalue weighted by atomic mass is 10.0. The lowest BCUT2D eigenvalue weighted by Gasteiger charge is -2.10. The number of pyridine rings is 1. The van der Waals surface area contributed by atoms with Crippen LogP contribution in [0.15, 0.2) is 79.1 Å². The minimum absolute atomic E-state index is 0.212. The number of anilines is 1. The fourth-order valence-corrected chi connectivity index (χ4v) is 3.06. The largest absolute Gasteiger partial charge is 0.416 e. The highest BCUT2D eigenvalue weighted by Crippen LogP contribution is 2.30. The average molecular weight is 468 g/mol. The van der Waals surface area contributed by atoms with Gasteiger partial charge in [-0.05, 0) is 65.6 Å². The summed E-state index contributed by atoms with van der Waals surface area (Å²) in [5, 5.41) is 8.22. The van der Waals surface area contributed by atoms with Crippen LogP contribution in [0.1, 0.15) is 29.2 Å². The summed E-state index contributed by atoms with van der Waals surface area (Å²) in [5.41, 5.74) is 2.56. The number of halogens is 3. The molecule has 34 heavy (non-hydrogen) atoms. The number of carbonyl (C=O) groups is 2. The molecule has 3 N–H and O–H groups in total. The summed E-state index contributed by atoms with van der Waals surface area (Å²) in [6.45, 7) is 2.22. The number of alkyl halides is 3. The van der Waals surface area contributed by atoms with Gasteiger partial charge in [-0.15, -0.1) is 0 Å². The third-order valence-corrected chi connectivity index (χ3v) is 4.87. The lowest BCUT2D eigenvalue weighted by molar-refractivity contribution is -0.137. The minimum atomic E-state index is -4.41. The molecule has 6 nitrogen and oxygen atoms in total. The summed E-state index contributed by atoms with van der Waals surface area (Å²) in [6.07, 6.45) is 0.217. The quantitative estimate of drug-likeness (QED) is 0.420. The number of nitrogens with one attached hydrogen (secondary N) is 3. The number of aromatic nitrogens is 1. The maximum Gasteiger partial charge on any atom is 0.416 e. The number of carbonyl (C=O) groups excluding carboxylic acids is 2. The molecule has 3 rings (SSSR count). The average Bonchev–Trinajstić information content (AvgIpc) is 2.82. The second-order valence-corrected chi connectivity index (χ2v) is 7.48. The van der Waals surface area contributed by atoms with Crippen LogP contribution in [-0.2, 0) is 24.1 Å². The number of rotatable bonds is 7. The molecule has 0 unspecified atom stereocenters. The van der Waals surface area contributed by atoms with Crippen molar-refractivity contribution < 1.29 is 22.8 Å². The normalized spacial score (nSPS) is 11.6. The van der Waals surface area contributed by atoms with Crippen molar-refractivity contribution in [1.82, 2.24) is 15.6 Å². The van der Waals surface area contributed by atoms with Crippen molar-refractivity contribution in [2.24, 2.45) is 0 Å². The van der Waals surface area contributed by atoms with Crippen molar-refractivity contribution in [3.05, 3.63) is 101 Å². The molecule has 1 heterocycles. The van der Waals surface area contributed by atoms with E-state index in [4.69, 9.17) is 0 Å². The number of benzene rings is 2. The summed E-state index contributed by atoms with van der Waals surface area (Å²) in [6, 6.07) is 14.9. The molecule has 9 heteroatoms. The monoisotopic (exact) mass is 468 g/mol. The van der Waals surface area contributed by atoms with E-state index >= 15 is 0 Å². The Kier molecular flexibility index (Phi) is 8.02. The zero-order valence-electron chi connectivity index (χ0n) is 18.3. The Balaban J connectivity index is 1.51. The van der Waals surface area contributed by atoms with E-state index in [-0.39, 0.29) is 18.5 Å². The van der Waals surface area contributed by atoms with Crippen molar-refractivity contribution in [2.75, 3.05) is 5.32 Å². The topological polar surface area (TPSA) is 83.1 Å². The number of nitrogens with zero attached hydrogens (tertiary/aromatic N) is 1. The van der Waals surface area contributed by atoms with Crippen LogP contribution in [0.25, 0.3) is 5.57 Å². The fraction of sp³-hybridized carbons (Fsp3) is 0.160. The third kappa shape index (κ3) is 7.47. The van der Waals surface area contributed by atoms with E-state index in [9.17, 15) is 22.8 Å². The van der Waals surface area contributed by atoms with Gasteiger partial charge in [-0.1, -0.05) is 24.3 Å². The van der Waals surface area contributed by atoms with E-state index in [1.807, 2.05) is 0 Å². The summed E-state index contributed by atoms with van der Waals surface area (Å²) in [4.78, 5) is 28.3. The molecule has 0 aliphatic rings. The highest BCUT2D eigenvalue weighted by atomic mass is 19.4. The maximum absolute atomic E-state index is 12.7. The van der Waals surface area contributed by atoms with Crippen LogP contribution in [0.5, 0.6) is 0 Å². The number of amides is 3. The molecule has 2 aromatic carbocycles. The van der Waals surface area contributed by atoms with E-state index in [0.717, 1.165) is 23.3 Å². The van der Waals surface area contributed by atoms with Gasteiger partial charge in [0.1, 0.15) is 0 Å². The number of hydrogen-bond acceptors (Lipinski definition) is 3. The summed E-state index contributed by atoms with van der Waals surface area (Å²) < 4.78 is 38.1. The minimum Gasteiger partial charge on any atom is -0.348 e. The molecule has 3 amide bonds. The van der Waals surface area contributed by atoms with Gasteiger partial charge in [0.05, 0.1) is 5.56 Å². The van der Waals surface area contributed by atoms with E-state index in [1.54, 1.807) is 55.7 Å². The molecule has 0 aliphatic heterocycles. The van der Waals surface area contributed by atoms with Crippen molar-refractivity contribution in [3.8, 4) is 0 Å². The molecule has 0 radical (unpaired) electrons. The SMILES string of the molecule is C/C(=C/C(=O)NCc1cccc(NC(=O)NCc2ccncc2)c1)c1ccc(C(F)(F)F)cc1. The molecule has 3 aromatic rings. The Labute approximate surface area is 194 Å². The second kappa shape index (κ2) is 11.1. The maximum atomic E-state index is 12.7. The Morgan fingerprint density at radius 1 is 0.912 bits per heavy atom. The van der Waals surface area contributed by atoms with Gasteiger partial charge < -0.3 is 16.0 Å². The molecule has 0 bridgehead atoms. The van der Waals surface area contributed by atoms with Gasteiger partial charge in [0.15, 0.2) is 0 Å². The lowest BCUT2D eigenvalue weighted by Crippen LogP contribution is -2.28. The van der Waals surface area contributed by atoms with Crippen LogP contribution in [0.4, 0.5) is 23.7 Å². The standard InChI is InChI=1S/C25H23F3N4O2/c1-17(20-5-7-21(8-6-20)25(26,27)28)13-23(33)30-16-19-3-2-4-22(14-19)32-24(34)31-15-18-9-11-29-12-10-18/h2-14H,15-16H2,1H3,(H,30,33)(H2,31,32,34)/b17-13-. The number of allylic oxidation sites excluding steroid dienone is 1. The first-order chi connectivity index (χ1) is 16.2. The van der Waals surface area contributed by atoms with Crippen LogP contribution in [0.2, 0.25) is 0 Å². The Morgan fingerprint density at radius 3 is 2.26 bits per heavy atom. The van der Waals surface area contributed by atoms with Gasteiger partial charge in [0, 0.05) is 37.2 Å². The molecule has 176 valence electrons. The molecular formula is C25H23F3N4O2. The van der Waals surface area contributed by atoms with Crippen molar-refractivity contribution in [1.29, 1.82) is 0 Å². The van der Waals surface area contributed by atoms with E-state index in [0.29, 0.717) is 23.4 Å². The van der Waals surface area contributed by atoms with Gasteiger partial charge in [0.2, 0.25) is 5.91 Å². The molecule has 0 atom stereocenters. The van der Waals surface area contributed by atoms with Gasteiger partial charge in [-0.3, -0.25) is 9.78 Å². The first-order valence-electron chi connectivity index (χ1n) is 10.4. The Morgan fingerprint density at radius 2 is 1.59 bits per heavy atom. The van der Waals surface area contributed by atoms with E-state index in [1.165, 1.54) is 18.2 Å². The van der Waals surface area contributed by atoms with E-state index < -0.39 is 11.7 Å². The first kappa shape index (κ1) is 24.5. The van der Waals surface area contributed by atoms with Gasteiger partial charge in [0.25, 0.3) is 0 Å². The molecule has 0 fully saturated rings. The molecule has 0 saturated carbocycles. The predicted octanol–water partition coefficient (Wildman–Crippen LogP) is 5.14. The third-order valence-electron chi connectivity index (χ3n) is 4.87. The molecule has 1 aromatic heterocycles. The van der Waals surface area contributed by atoms with Crippen LogP contribution >= 0.6 is 0 Å². The Hall–Kier alpha value is -4.14. The van der Waals surface area contributed by atoms with Crippen LogP contribution in [-0.4, -0.2) is 16.9 Å². The van der Waals surface area contributed by atoms with Gasteiger partial charge in [-0.2, -0.15) is 13.2 Å². The number of hydrogen-bond donors (Lipinski definition) is 3. The highest BCUT2D eigenvalue weighted by Gasteiger charge is 2.29. The van der Waals surface area contributed by atoms with Crippen molar-refractivity contribution in [2.45, 2.75) is 26.2 Å². The second-order valence-electron chi connectivity index (χ2n) is 7.48. The van der Waals surface area contributed by atoms with E-state index in [2.05, 4.69) is 20.9 Å². The molecular weight excluding hydrogens is 445 g/mol. The summed E-state index contributed by atoms with van der Waals surface area (Å²) in [7, 11) is 0. The molecule has 0 aliphatic carbocycles. The summed E-state index contributed by atoms with van der Waals surface area (Å²) in [5.74, 6) is -0.383. The molecule has 0 saturated heterocycles. The van der Waals surface area contributed by atoms with Crippen LogP contribution < -0.4 is 16.0 Å². The smallest absolute Gasteiger partial charge is 0.348 e. The van der Waals surface area contributed by atoms with Gasteiger partial charge in [-0.25, -0.2) is 4.79 Å². The predicted molar refractivity (Wildman–Crippen MR) is 123 cm³/mol. The Bertz CT molecular complexity index is 1160. The zero-order chi connectivity index (χ0) is 24.6. The number of urea groups is 1. The summed E-state index contributed by atoms with van der Waals surface area (Å²) >= 11 is 0. The highest BCUT2D eigenvalue weighted by molar-refractivity contribution is 5.94. The first-order valence-corrected chi connectivity index (χ1v) is 10.4. The zero-order valence-corrected chi connectivity index (χ0v) is 18.3. The molecule has 0 spiro atoms. The van der Waals surface area contributed by atoms with Crippen molar-refractivity contribution >= 4 is 23.2 Å². The van der Waals surface area contributed by atoms with Crippen LogP contribution in [0.3, 0.4) is 0 Å². The van der Waals surface area contributed by atoms with Crippen molar-refractivity contribution in [3.63, 3.8) is 0 Å². The van der Waals surface area contributed by atoms with Crippen LogP contribution in [0, 0.1) is 0 Å².